The molecule has 0 aliphatic rings. The lowest BCUT2D eigenvalue weighted by atomic mass is 10.1. The van der Waals surface area contributed by atoms with Gasteiger partial charge >= 0.3 is 0 Å². The number of benzene rings is 1. The monoisotopic (exact) mass is 317 g/mol. The van der Waals surface area contributed by atoms with E-state index >= 15 is 0 Å². The Kier molecular flexibility index (Phi) is 7.33. The smallest absolute Gasteiger partial charge is 0.129 e. The van der Waals surface area contributed by atoms with E-state index in [0.717, 1.165) is 18.7 Å². The fourth-order valence-electron chi connectivity index (χ4n) is 2.49. The molecule has 23 heavy (non-hydrogen) atoms. The Morgan fingerprint density at radius 1 is 1.17 bits per heavy atom. The highest BCUT2D eigenvalue weighted by Gasteiger charge is 2.17. The van der Waals surface area contributed by atoms with Crippen molar-refractivity contribution in [1.82, 2.24) is 4.90 Å². The molecule has 4 heteroatoms. The second-order valence-corrected chi connectivity index (χ2v) is 5.92. The first-order valence-corrected chi connectivity index (χ1v) is 8.25. The standard InChI is InChI=1S/C19H27NO3/c1-3-16(2)20(12-17-8-5-4-6-9-17)13-18(21)14-22-15-19-10-7-11-23-19/h4-11,16,18,21H,3,12-15H2,1-2H3/t16-,18+/m0/s1. The van der Waals surface area contributed by atoms with Gasteiger partial charge < -0.3 is 14.3 Å². The minimum atomic E-state index is -0.511. The molecule has 0 saturated heterocycles. The molecule has 0 aliphatic carbocycles. The van der Waals surface area contributed by atoms with Crippen LogP contribution < -0.4 is 0 Å². The highest BCUT2D eigenvalue weighted by Crippen LogP contribution is 2.12. The molecule has 2 rings (SSSR count). The molecular weight excluding hydrogens is 290 g/mol. The minimum absolute atomic E-state index is 0.308. The highest BCUT2D eigenvalue weighted by atomic mass is 16.5. The molecule has 0 fully saturated rings. The van der Waals surface area contributed by atoms with Gasteiger partial charge in [-0.25, -0.2) is 0 Å². The lowest BCUT2D eigenvalue weighted by Crippen LogP contribution is -2.39. The average Bonchev–Trinajstić information content (AvgIpc) is 3.08. The van der Waals surface area contributed by atoms with E-state index in [1.165, 1.54) is 5.56 Å². The van der Waals surface area contributed by atoms with Crippen LogP contribution in [0.5, 0.6) is 0 Å². The third-order valence-corrected chi connectivity index (χ3v) is 4.02. The zero-order valence-corrected chi connectivity index (χ0v) is 14.0. The van der Waals surface area contributed by atoms with E-state index in [1.54, 1.807) is 6.26 Å². The van der Waals surface area contributed by atoms with Crippen molar-refractivity contribution in [2.45, 2.75) is 45.6 Å². The molecular formula is C19H27NO3. The Balaban J connectivity index is 1.81. The lowest BCUT2D eigenvalue weighted by molar-refractivity contribution is -0.00271. The number of nitrogens with zero attached hydrogens (tertiary/aromatic N) is 1. The summed E-state index contributed by atoms with van der Waals surface area (Å²) in [5, 5.41) is 10.3. The van der Waals surface area contributed by atoms with Crippen molar-refractivity contribution in [3.05, 3.63) is 60.1 Å². The SMILES string of the molecule is CC[C@H](C)N(Cc1ccccc1)C[C@@H](O)COCc1ccco1. The summed E-state index contributed by atoms with van der Waals surface area (Å²) < 4.78 is 10.7. The molecule has 4 nitrogen and oxygen atoms in total. The Labute approximate surface area is 138 Å². The van der Waals surface area contributed by atoms with E-state index in [0.29, 0.717) is 25.8 Å². The first kappa shape index (κ1) is 17.7. The van der Waals surface area contributed by atoms with E-state index in [2.05, 4.69) is 30.9 Å². The van der Waals surface area contributed by atoms with Gasteiger partial charge in [0.1, 0.15) is 12.4 Å². The Morgan fingerprint density at radius 2 is 1.96 bits per heavy atom. The van der Waals surface area contributed by atoms with Gasteiger partial charge in [0, 0.05) is 19.1 Å². The van der Waals surface area contributed by atoms with Crippen LogP contribution in [-0.4, -0.2) is 35.3 Å². The maximum absolute atomic E-state index is 10.3. The normalized spacial score (nSPS) is 14.1. The van der Waals surface area contributed by atoms with Crippen LogP contribution in [0.15, 0.2) is 53.1 Å². The van der Waals surface area contributed by atoms with Gasteiger partial charge in [-0.1, -0.05) is 37.3 Å². The largest absolute Gasteiger partial charge is 0.467 e. The van der Waals surface area contributed by atoms with Crippen molar-refractivity contribution in [1.29, 1.82) is 0 Å². The molecule has 2 atom stereocenters. The lowest BCUT2D eigenvalue weighted by Gasteiger charge is -2.30. The van der Waals surface area contributed by atoms with Crippen LogP contribution in [-0.2, 0) is 17.9 Å². The molecule has 1 heterocycles. The number of aliphatic hydroxyl groups excluding tert-OH is 1. The van der Waals surface area contributed by atoms with Gasteiger partial charge in [0.2, 0.25) is 0 Å². The van der Waals surface area contributed by atoms with Crippen molar-refractivity contribution in [3.63, 3.8) is 0 Å². The summed E-state index contributed by atoms with van der Waals surface area (Å²) >= 11 is 0. The molecule has 1 aromatic heterocycles. The Morgan fingerprint density at radius 3 is 2.61 bits per heavy atom. The van der Waals surface area contributed by atoms with Crippen molar-refractivity contribution in [2.24, 2.45) is 0 Å². The summed E-state index contributed by atoms with van der Waals surface area (Å²) in [7, 11) is 0. The van der Waals surface area contributed by atoms with Gasteiger partial charge in [-0.15, -0.1) is 0 Å². The van der Waals surface area contributed by atoms with Crippen molar-refractivity contribution in [2.75, 3.05) is 13.2 Å². The maximum Gasteiger partial charge on any atom is 0.129 e. The van der Waals surface area contributed by atoms with Crippen molar-refractivity contribution < 1.29 is 14.3 Å². The van der Waals surface area contributed by atoms with Crippen LogP contribution in [0.4, 0.5) is 0 Å². The number of aliphatic hydroxyl groups is 1. The molecule has 0 aliphatic heterocycles. The van der Waals surface area contributed by atoms with E-state index in [-0.39, 0.29) is 0 Å². The fraction of sp³-hybridized carbons (Fsp3) is 0.474. The summed E-state index contributed by atoms with van der Waals surface area (Å²) in [6.07, 6.45) is 2.16. The van der Waals surface area contributed by atoms with Crippen LogP contribution in [0.1, 0.15) is 31.6 Å². The first-order valence-electron chi connectivity index (χ1n) is 8.25. The van der Waals surface area contributed by atoms with Gasteiger partial charge in [-0.05, 0) is 31.0 Å². The van der Waals surface area contributed by atoms with Crippen LogP contribution in [0.2, 0.25) is 0 Å². The summed E-state index contributed by atoms with van der Waals surface area (Å²) in [5.74, 6) is 0.778. The number of hydrogen-bond donors (Lipinski definition) is 1. The molecule has 1 aromatic carbocycles. The topological polar surface area (TPSA) is 45.8 Å². The number of rotatable bonds is 10. The summed E-state index contributed by atoms with van der Waals surface area (Å²) in [4.78, 5) is 2.30. The molecule has 0 radical (unpaired) electrons. The molecule has 126 valence electrons. The van der Waals surface area contributed by atoms with Gasteiger partial charge in [-0.3, -0.25) is 4.90 Å². The molecule has 2 aromatic rings. The zero-order valence-electron chi connectivity index (χ0n) is 14.0. The highest BCUT2D eigenvalue weighted by molar-refractivity contribution is 5.14. The number of ether oxygens (including phenoxy) is 1. The average molecular weight is 317 g/mol. The van der Waals surface area contributed by atoms with Crippen LogP contribution >= 0.6 is 0 Å². The third kappa shape index (κ3) is 6.18. The van der Waals surface area contributed by atoms with Crippen LogP contribution in [0.25, 0.3) is 0 Å². The molecule has 0 unspecified atom stereocenters. The third-order valence-electron chi connectivity index (χ3n) is 4.02. The quantitative estimate of drug-likeness (QED) is 0.729. The van der Waals surface area contributed by atoms with E-state index in [1.807, 2.05) is 30.3 Å². The van der Waals surface area contributed by atoms with E-state index in [4.69, 9.17) is 9.15 Å². The predicted molar refractivity (Wildman–Crippen MR) is 91.0 cm³/mol. The van der Waals surface area contributed by atoms with Gasteiger partial charge in [0.05, 0.1) is 19.0 Å². The number of furan rings is 1. The second-order valence-electron chi connectivity index (χ2n) is 5.92. The molecule has 0 bridgehead atoms. The van der Waals surface area contributed by atoms with Gasteiger partial charge in [0.15, 0.2) is 0 Å². The molecule has 0 amide bonds. The van der Waals surface area contributed by atoms with E-state index < -0.39 is 6.10 Å². The predicted octanol–water partition coefficient (Wildman–Crippen LogP) is 3.46. The minimum Gasteiger partial charge on any atom is -0.467 e. The van der Waals surface area contributed by atoms with E-state index in [9.17, 15) is 5.11 Å². The maximum atomic E-state index is 10.3. The Bertz CT molecular complexity index is 527. The van der Waals surface area contributed by atoms with Gasteiger partial charge in [0.25, 0.3) is 0 Å². The summed E-state index contributed by atoms with van der Waals surface area (Å²) in [6, 6.07) is 14.5. The van der Waals surface area contributed by atoms with Crippen molar-refractivity contribution >= 4 is 0 Å². The van der Waals surface area contributed by atoms with Crippen LogP contribution in [0.3, 0.4) is 0 Å². The molecule has 0 saturated carbocycles. The fourth-order valence-corrected chi connectivity index (χ4v) is 2.49. The zero-order chi connectivity index (χ0) is 16.5. The molecule has 1 N–H and O–H groups in total. The van der Waals surface area contributed by atoms with Crippen molar-refractivity contribution in [3.8, 4) is 0 Å². The summed E-state index contributed by atoms with van der Waals surface area (Å²) in [5.41, 5.74) is 1.26. The second kappa shape index (κ2) is 9.50. The summed E-state index contributed by atoms with van der Waals surface area (Å²) in [6.45, 7) is 6.50. The molecule has 0 spiro atoms. The first-order chi connectivity index (χ1) is 11.2. The van der Waals surface area contributed by atoms with Crippen LogP contribution in [0, 0.1) is 0 Å². The van der Waals surface area contributed by atoms with Gasteiger partial charge in [-0.2, -0.15) is 0 Å². The number of hydrogen-bond acceptors (Lipinski definition) is 4. The Hall–Kier alpha value is -1.62.